The molecule has 1 aliphatic rings. The normalized spacial score (nSPS) is 27.1. The van der Waals surface area contributed by atoms with Gasteiger partial charge in [-0.3, -0.25) is 0 Å². The van der Waals surface area contributed by atoms with Gasteiger partial charge in [0.25, 0.3) is 0 Å². The molecule has 19 heavy (non-hydrogen) atoms. The third kappa shape index (κ3) is 3.18. The highest BCUT2D eigenvalue weighted by Crippen LogP contribution is 2.35. The number of sulfonamides is 1. The SMILES string of the molecule is CCC1(O)CC(NS(=O)(=O)c2ccc(Br)c(C)c2)C1. The molecule has 1 aliphatic carbocycles. The maximum atomic E-state index is 12.2. The average molecular weight is 348 g/mol. The first-order valence-electron chi connectivity index (χ1n) is 6.27. The highest BCUT2D eigenvalue weighted by Gasteiger charge is 2.42. The van der Waals surface area contributed by atoms with Gasteiger partial charge in [-0.1, -0.05) is 22.9 Å². The summed E-state index contributed by atoms with van der Waals surface area (Å²) < 4.78 is 27.9. The molecule has 0 aromatic heterocycles. The van der Waals surface area contributed by atoms with Crippen LogP contribution in [0.1, 0.15) is 31.7 Å². The van der Waals surface area contributed by atoms with Crippen molar-refractivity contribution in [3.63, 3.8) is 0 Å². The van der Waals surface area contributed by atoms with Gasteiger partial charge >= 0.3 is 0 Å². The molecule has 6 heteroatoms. The van der Waals surface area contributed by atoms with E-state index in [1.54, 1.807) is 18.2 Å². The largest absolute Gasteiger partial charge is 0.390 e. The highest BCUT2D eigenvalue weighted by molar-refractivity contribution is 9.10. The van der Waals surface area contributed by atoms with Crippen molar-refractivity contribution in [2.45, 2.75) is 49.6 Å². The lowest BCUT2D eigenvalue weighted by atomic mass is 9.75. The van der Waals surface area contributed by atoms with Crippen LogP contribution in [0.15, 0.2) is 27.6 Å². The van der Waals surface area contributed by atoms with Gasteiger partial charge in [0.05, 0.1) is 10.5 Å². The molecule has 1 aromatic rings. The predicted molar refractivity (Wildman–Crippen MR) is 77.5 cm³/mol. The standard InChI is InChI=1S/C13H18BrNO3S/c1-3-13(16)7-10(8-13)15-19(17,18)11-4-5-12(14)9(2)6-11/h4-6,10,15-16H,3,7-8H2,1-2H3. The van der Waals surface area contributed by atoms with E-state index in [-0.39, 0.29) is 10.9 Å². The van der Waals surface area contributed by atoms with Crippen LogP contribution in [-0.2, 0) is 10.0 Å². The van der Waals surface area contributed by atoms with E-state index in [1.807, 2.05) is 13.8 Å². The molecule has 4 nitrogen and oxygen atoms in total. The van der Waals surface area contributed by atoms with E-state index in [4.69, 9.17) is 0 Å². The number of aryl methyl sites for hydroxylation is 1. The van der Waals surface area contributed by atoms with Gasteiger partial charge in [-0.05, 0) is 49.9 Å². The van der Waals surface area contributed by atoms with Crippen molar-refractivity contribution in [2.24, 2.45) is 0 Å². The van der Waals surface area contributed by atoms with Crippen LogP contribution in [-0.4, -0.2) is 25.2 Å². The molecule has 0 heterocycles. The fourth-order valence-corrected chi connectivity index (χ4v) is 3.87. The Hall–Kier alpha value is -0.430. The van der Waals surface area contributed by atoms with Crippen molar-refractivity contribution in [1.82, 2.24) is 4.72 Å². The molecule has 0 aliphatic heterocycles. The van der Waals surface area contributed by atoms with E-state index >= 15 is 0 Å². The molecule has 0 amide bonds. The van der Waals surface area contributed by atoms with Crippen molar-refractivity contribution in [3.05, 3.63) is 28.2 Å². The number of hydrogen-bond donors (Lipinski definition) is 2. The summed E-state index contributed by atoms with van der Waals surface area (Å²) in [6.45, 7) is 3.76. The lowest BCUT2D eigenvalue weighted by molar-refractivity contribution is -0.0529. The van der Waals surface area contributed by atoms with Crippen LogP contribution >= 0.6 is 15.9 Å². The van der Waals surface area contributed by atoms with Gasteiger partial charge in [0.15, 0.2) is 0 Å². The summed E-state index contributed by atoms with van der Waals surface area (Å²) in [6, 6.07) is 4.77. The Bertz CT molecular complexity index is 580. The molecule has 0 bridgehead atoms. The van der Waals surface area contributed by atoms with Crippen molar-refractivity contribution >= 4 is 26.0 Å². The Morgan fingerprint density at radius 1 is 1.47 bits per heavy atom. The summed E-state index contributed by atoms with van der Waals surface area (Å²) in [5.41, 5.74) is 0.185. The quantitative estimate of drug-likeness (QED) is 0.878. The van der Waals surface area contributed by atoms with Gasteiger partial charge in [-0.15, -0.1) is 0 Å². The molecule has 1 saturated carbocycles. The van der Waals surface area contributed by atoms with E-state index < -0.39 is 15.6 Å². The van der Waals surface area contributed by atoms with Gasteiger partial charge in [-0.25, -0.2) is 13.1 Å². The van der Waals surface area contributed by atoms with E-state index in [1.165, 1.54) is 0 Å². The van der Waals surface area contributed by atoms with Crippen LogP contribution in [0.5, 0.6) is 0 Å². The Morgan fingerprint density at radius 3 is 2.63 bits per heavy atom. The van der Waals surface area contributed by atoms with Crippen molar-refractivity contribution in [3.8, 4) is 0 Å². The molecule has 1 aromatic carbocycles. The zero-order chi connectivity index (χ0) is 14.3. The van der Waals surface area contributed by atoms with Gasteiger partial charge in [0, 0.05) is 10.5 Å². The smallest absolute Gasteiger partial charge is 0.240 e. The molecule has 0 saturated heterocycles. The molecule has 2 rings (SSSR count). The second kappa shape index (κ2) is 5.16. The van der Waals surface area contributed by atoms with Crippen LogP contribution in [0.3, 0.4) is 0 Å². The van der Waals surface area contributed by atoms with Crippen molar-refractivity contribution < 1.29 is 13.5 Å². The van der Waals surface area contributed by atoms with Crippen LogP contribution < -0.4 is 4.72 Å². The average Bonchev–Trinajstić information content (AvgIpc) is 2.30. The van der Waals surface area contributed by atoms with Crippen LogP contribution in [0.4, 0.5) is 0 Å². The Balaban J connectivity index is 2.09. The zero-order valence-electron chi connectivity index (χ0n) is 11.0. The number of halogens is 1. The van der Waals surface area contributed by atoms with E-state index in [2.05, 4.69) is 20.7 Å². The minimum absolute atomic E-state index is 0.168. The zero-order valence-corrected chi connectivity index (χ0v) is 13.4. The molecule has 0 unspecified atom stereocenters. The second-order valence-electron chi connectivity index (χ2n) is 5.22. The third-order valence-electron chi connectivity index (χ3n) is 3.67. The fraction of sp³-hybridized carbons (Fsp3) is 0.538. The highest BCUT2D eigenvalue weighted by atomic mass is 79.9. The number of aliphatic hydroxyl groups is 1. The topological polar surface area (TPSA) is 66.4 Å². The van der Waals surface area contributed by atoms with Gasteiger partial charge < -0.3 is 5.11 Å². The first-order valence-corrected chi connectivity index (χ1v) is 8.54. The molecule has 0 radical (unpaired) electrons. The number of rotatable bonds is 4. The first-order chi connectivity index (χ1) is 8.76. The monoisotopic (exact) mass is 347 g/mol. The minimum Gasteiger partial charge on any atom is -0.390 e. The Labute approximate surface area is 122 Å². The van der Waals surface area contributed by atoms with Gasteiger partial charge in [-0.2, -0.15) is 0 Å². The maximum absolute atomic E-state index is 12.2. The lowest BCUT2D eigenvalue weighted by Gasteiger charge is -2.43. The Morgan fingerprint density at radius 2 is 2.11 bits per heavy atom. The molecule has 0 spiro atoms. The second-order valence-corrected chi connectivity index (χ2v) is 7.78. The minimum atomic E-state index is -3.50. The number of benzene rings is 1. The third-order valence-corrected chi connectivity index (χ3v) is 6.08. The lowest BCUT2D eigenvalue weighted by Crippen LogP contribution is -2.54. The molecule has 2 N–H and O–H groups in total. The summed E-state index contributed by atoms with van der Waals surface area (Å²) >= 11 is 3.35. The number of hydrogen-bond acceptors (Lipinski definition) is 3. The van der Waals surface area contributed by atoms with Crippen molar-refractivity contribution in [1.29, 1.82) is 0 Å². The summed E-state index contributed by atoms with van der Waals surface area (Å²) in [4.78, 5) is 0.264. The van der Waals surface area contributed by atoms with E-state index in [9.17, 15) is 13.5 Å². The van der Waals surface area contributed by atoms with Crippen LogP contribution in [0.2, 0.25) is 0 Å². The van der Waals surface area contributed by atoms with Gasteiger partial charge in [0.1, 0.15) is 0 Å². The van der Waals surface area contributed by atoms with Gasteiger partial charge in [0.2, 0.25) is 10.0 Å². The summed E-state index contributed by atoms with van der Waals surface area (Å²) in [7, 11) is -3.50. The van der Waals surface area contributed by atoms with Crippen LogP contribution in [0.25, 0.3) is 0 Å². The molecule has 106 valence electrons. The fourth-order valence-electron chi connectivity index (χ4n) is 2.30. The van der Waals surface area contributed by atoms with Crippen LogP contribution in [0, 0.1) is 6.92 Å². The molecule has 1 fully saturated rings. The first kappa shape index (κ1) is 15.0. The predicted octanol–water partition coefficient (Wildman–Crippen LogP) is 2.34. The summed E-state index contributed by atoms with van der Waals surface area (Å²) in [6.07, 6.45) is 1.62. The Kier molecular flexibility index (Phi) is 4.07. The summed E-state index contributed by atoms with van der Waals surface area (Å²) in [5.74, 6) is 0. The van der Waals surface area contributed by atoms with E-state index in [0.29, 0.717) is 19.3 Å². The van der Waals surface area contributed by atoms with Crippen molar-refractivity contribution in [2.75, 3.05) is 0 Å². The number of nitrogens with one attached hydrogen (secondary N) is 1. The maximum Gasteiger partial charge on any atom is 0.240 e. The molecular weight excluding hydrogens is 330 g/mol. The summed E-state index contributed by atoms with van der Waals surface area (Å²) in [5, 5.41) is 9.90. The van der Waals surface area contributed by atoms with E-state index in [0.717, 1.165) is 10.0 Å². The molecular formula is C13H18BrNO3S. The molecule has 0 atom stereocenters.